The lowest BCUT2D eigenvalue weighted by Gasteiger charge is -2.41. The number of carbonyl (C=O) groups excluding carboxylic acids is 1. The SMILES string of the molecule is CC(C)(C)OC(=O)NC[C@]1(c2cccc(Cl)c2)CC[C@@H](NCCO)CC1. The molecule has 26 heavy (non-hydrogen) atoms. The van der Waals surface area contributed by atoms with E-state index in [-0.39, 0.29) is 18.1 Å². The average molecular weight is 383 g/mol. The van der Waals surface area contributed by atoms with E-state index < -0.39 is 5.60 Å². The Morgan fingerprint density at radius 3 is 2.62 bits per heavy atom. The van der Waals surface area contributed by atoms with Gasteiger partial charge in [-0.3, -0.25) is 0 Å². The van der Waals surface area contributed by atoms with E-state index in [9.17, 15) is 4.79 Å². The molecule has 1 saturated carbocycles. The number of hydrogen-bond donors (Lipinski definition) is 3. The number of nitrogens with one attached hydrogen (secondary N) is 2. The number of alkyl carbamates (subject to hydrolysis) is 1. The van der Waals surface area contributed by atoms with Crippen molar-refractivity contribution in [3.63, 3.8) is 0 Å². The molecule has 0 aromatic heterocycles. The molecule has 1 fully saturated rings. The fraction of sp³-hybridized carbons (Fsp3) is 0.650. The maximum Gasteiger partial charge on any atom is 0.407 e. The summed E-state index contributed by atoms with van der Waals surface area (Å²) in [7, 11) is 0. The summed E-state index contributed by atoms with van der Waals surface area (Å²) in [5.41, 5.74) is 0.486. The van der Waals surface area contributed by atoms with E-state index in [1.165, 1.54) is 0 Å². The van der Waals surface area contributed by atoms with Gasteiger partial charge in [0.05, 0.1) is 6.61 Å². The van der Waals surface area contributed by atoms with Gasteiger partial charge in [-0.2, -0.15) is 0 Å². The normalized spacial score (nSPS) is 23.5. The Bertz CT molecular complexity index is 593. The highest BCUT2D eigenvalue weighted by atomic mass is 35.5. The van der Waals surface area contributed by atoms with Gasteiger partial charge in [0.25, 0.3) is 0 Å². The maximum atomic E-state index is 12.1. The van der Waals surface area contributed by atoms with E-state index >= 15 is 0 Å². The van der Waals surface area contributed by atoms with Crippen LogP contribution in [0.25, 0.3) is 0 Å². The fourth-order valence-corrected chi connectivity index (χ4v) is 3.77. The number of rotatable bonds is 6. The number of amides is 1. The van der Waals surface area contributed by atoms with E-state index in [1.807, 2.05) is 39.0 Å². The van der Waals surface area contributed by atoms with Crippen molar-refractivity contribution < 1.29 is 14.6 Å². The molecule has 0 spiro atoms. The quantitative estimate of drug-likeness (QED) is 0.702. The van der Waals surface area contributed by atoms with E-state index in [4.69, 9.17) is 21.4 Å². The van der Waals surface area contributed by atoms with E-state index in [2.05, 4.69) is 16.7 Å². The van der Waals surface area contributed by atoms with Crippen molar-refractivity contribution in [2.24, 2.45) is 0 Å². The van der Waals surface area contributed by atoms with Crippen molar-refractivity contribution in [1.29, 1.82) is 0 Å². The van der Waals surface area contributed by atoms with Gasteiger partial charge in [-0.05, 0) is 64.2 Å². The summed E-state index contributed by atoms with van der Waals surface area (Å²) in [5, 5.41) is 16.1. The van der Waals surface area contributed by atoms with Crippen LogP contribution in [0.15, 0.2) is 24.3 Å². The Morgan fingerprint density at radius 2 is 2.04 bits per heavy atom. The summed E-state index contributed by atoms with van der Waals surface area (Å²) in [6.07, 6.45) is 3.46. The average Bonchev–Trinajstić information content (AvgIpc) is 2.58. The minimum Gasteiger partial charge on any atom is -0.444 e. The van der Waals surface area contributed by atoms with Crippen LogP contribution in [0.2, 0.25) is 5.02 Å². The molecule has 0 radical (unpaired) electrons. The highest BCUT2D eigenvalue weighted by Gasteiger charge is 2.37. The van der Waals surface area contributed by atoms with Crippen LogP contribution >= 0.6 is 11.6 Å². The molecule has 0 heterocycles. The summed E-state index contributed by atoms with van der Waals surface area (Å²) in [5.74, 6) is 0. The molecule has 0 saturated heterocycles. The maximum absolute atomic E-state index is 12.1. The molecule has 0 unspecified atom stereocenters. The van der Waals surface area contributed by atoms with Gasteiger partial charge in [0.1, 0.15) is 5.60 Å². The van der Waals surface area contributed by atoms with Crippen molar-refractivity contribution >= 4 is 17.7 Å². The summed E-state index contributed by atoms with van der Waals surface area (Å²) >= 11 is 6.22. The third-order valence-electron chi connectivity index (χ3n) is 4.89. The predicted molar refractivity (Wildman–Crippen MR) is 105 cm³/mol. The largest absolute Gasteiger partial charge is 0.444 e. The molecule has 1 aliphatic carbocycles. The first kappa shape index (κ1) is 21.0. The topological polar surface area (TPSA) is 70.6 Å². The number of hydrogen-bond acceptors (Lipinski definition) is 4. The number of carbonyl (C=O) groups is 1. The van der Waals surface area contributed by atoms with E-state index in [0.717, 1.165) is 31.2 Å². The van der Waals surface area contributed by atoms with Crippen molar-refractivity contribution in [1.82, 2.24) is 10.6 Å². The summed E-state index contributed by atoms with van der Waals surface area (Å²) in [6, 6.07) is 8.32. The Kier molecular flexibility index (Phi) is 7.33. The molecule has 6 heteroatoms. The number of benzene rings is 1. The molecular weight excluding hydrogens is 352 g/mol. The highest BCUT2D eigenvalue weighted by Crippen LogP contribution is 2.40. The van der Waals surface area contributed by atoms with Crippen LogP contribution in [0.3, 0.4) is 0 Å². The molecule has 0 atom stereocenters. The molecule has 1 aromatic rings. The second-order valence-corrected chi connectivity index (χ2v) is 8.53. The second-order valence-electron chi connectivity index (χ2n) is 8.10. The van der Waals surface area contributed by atoms with Crippen LogP contribution in [0.4, 0.5) is 4.79 Å². The van der Waals surface area contributed by atoms with Crippen molar-refractivity contribution in [2.45, 2.75) is 63.5 Å². The van der Waals surface area contributed by atoms with Gasteiger partial charge >= 0.3 is 6.09 Å². The zero-order valence-corrected chi connectivity index (χ0v) is 16.7. The van der Waals surface area contributed by atoms with Crippen LogP contribution in [0, 0.1) is 0 Å². The fourth-order valence-electron chi connectivity index (χ4n) is 3.58. The lowest BCUT2D eigenvalue weighted by molar-refractivity contribution is 0.0505. The highest BCUT2D eigenvalue weighted by molar-refractivity contribution is 6.30. The van der Waals surface area contributed by atoms with Crippen LogP contribution in [-0.4, -0.2) is 42.5 Å². The Balaban J connectivity index is 2.09. The van der Waals surface area contributed by atoms with E-state index in [1.54, 1.807) is 0 Å². The smallest absolute Gasteiger partial charge is 0.407 e. The van der Waals surface area contributed by atoms with Crippen molar-refractivity contribution in [3.05, 3.63) is 34.9 Å². The molecule has 1 amide bonds. The summed E-state index contributed by atoms with van der Waals surface area (Å²) < 4.78 is 5.39. The van der Waals surface area contributed by atoms with Gasteiger partial charge in [0, 0.05) is 29.6 Å². The standard InChI is InChI=1S/C20H31ClN2O3/c1-19(2,3)26-18(25)23-14-20(15-5-4-6-16(21)13-15)9-7-17(8-10-20)22-11-12-24/h4-6,13,17,22,24H,7-12,14H2,1-3H3,(H,23,25)/t17-,20+. The second kappa shape index (κ2) is 9.07. The van der Waals surface area contributed by atoms with Gasteiger partial charge in [0.15, 0.2) is 0 Å². The molecule has 0 aliphatic heterocycles. The Hall–Kier alpha value is -1.30. The van der Waals surface area contributed by atoms with Crippen LogP contribution < -0.4 is 10.6 Å². The minimum atomic E-state index is -0.515. The summed E-state index contributed by atoms with van der Waals surface area (Å²) in [4.78, 5) is 12.1. The Morgan fingerprint density at radius 1 is 1.35 bits per heavy atom. The monoisotopic (exact) mass is 382 g/mol. The van der Waals surface area contributed by atoms with Crippen LogP contribution in [0.5, 0.6) is 0 Å². The molecule has 1 aliphatic rings. The summed E-state index contributed by atoms with van der Waals surface area (Å²) in [6.45, 7) is 6.86. The molecule has 1 aromatic carbocycles. The van der Waals surface area contributed by atoms with Crippen molar-refractivity contribution in [3.8, 4) is 0 Å². The number of ether oxygens (including phenoxy) is 1. The predicted octanol–water partition coefficient (Wildman–Crippen LogP) is 3.63. The van der Waals surface area contributed by atoms with Crippen LogP contribution in [-0.2, 0) is 10.2 Å². The Labute approximate surface area is 161 Å². The third kappa shape index (κ3) is 6.15. The molecule has 146 valence electrons. The first-order chi connectivity index (χ1) is 12.2. The van der Waals surface area contributed by atoms with Crippen LogP contribution in [0.1, 0.15) is 52.0 Å². The van der Waals surface area contributed by atoms with Gasteiger partial charge < -0.3 is 20.5 Å². The van der Waals surface area contributed by atoms with Gasteiger partial charge in [-0.25, -0.2) is 4.79 Å². The van der Waals surface area contributed by atoms with Gasteiger partial charge in [0.2, 0.25) is 0 Å². The minimum absolute atomic E-state index is 0.149. The molecule has 5 nitrogen and oxygen atoms in total. The van der Waals surface area contributed by atoms with Gasteiger partial charge in [-0.15, -0.1) is 0 Å². The lowest BCUT2D eigenvalue weighted by Crippen LogP contribution is -2.47. The first-order valence-corrected chi connectivity index (χ1v) is 9.69. The van der Waals surface area contributed by atoms with Crippen molar-refractivity contribution in [2.75, 3.05) is 19.7 Å². The van der Waals surface area contributed by atoms with Gasteiger partial charge in [-0.1, -0.05) is 23.7 Å². The molecule has 3 N–H and O–H groups in total. The lowest BCUT2D eigenvalue weighted by atomic mass is 9.68. The van der Waals surface area contributed by atoms with E-state index in [0.29, 0.717) is 24.2 Å². The third-order valence-corrected chi connectivity index (χ3v) is 5.13. The molecule has 0 bridgehead atoms. The first-order valence-electron chi connectivity index (χ1n) is 9.31. The number of aliphatic hydroxyl groups is 1. The zero-order valence-electron chi connectivity index (χ0n) is 16.0. The number of aliphatic hydroxyl groups excluding tert-OH is 1. The molecular formula is C20H31ClN2O3. The number of halogens is 1. The zero-order chi connectivity index (χ0) is 19.2. The molecule has 2 rings (SSSR count).